The number of aryl methyl sites for hydroxylation is 1. The Morgan fingerprint density at radius 2 is 1.97 bits per heavy atom. The first-order chi connectivity index (χ1) is 15.8. The molecule has 2 amide bonds. The zero-order valence-corrected chi connectivity index (χ0v) is 19.4. The van der Waals surface area contributed by atoms with Crippen molar-refractivity contribution < 1.29 is 19.1 Å². The Labute approximate surface area is 194 Å². The van der Waals surface area contributed by atoms with E-state index in [0.29, 0.717) is 48.6 Å². The summed E-state index contributed by atoms with van der Waals surface area (Å²) in [5, 5.41) is 2.94. The SMILES string of the molecule is C=C(C)C(=O)N1CCC(c2nc(C)ncc2C(=O)NCCc2cccc(C(=O)OC)c2)CC1. The van der Waals surface area contributed by atoms with Crippen molar-refractivity contribution in [2.24, 2.45) is 0 Å². The highest BCUT2D eigenvalue weighted by atomic mass is 16.5. The molecule has 3 rings (SSSR count). The van der Waals surface area contributed by atoms with E-state index in [1.807, 2.05) is 6.07 Å². The van der Waals surface area contributed by atoms with Gasteiger partial charge in [-0.2, -0.15) is 0 Å². The molecular formula is C25H30N4O4. The second kappa shape index (κ2) is 10.8. The van der Waals surface area contributed by atoms with Gasteiger partial charge in [-0.15, -0.1) is 0 Å². The lowest BCUT2D eigenvalue weighted by molar-refractivity contribution is -0.128. The maximum atomic E-state index is 13.0. The van der Waals surface area contributed by atoms with E-state index in [0.717, 1.165) is 24.1 Å². The van der Waals surface area contributed by atoms with E-state index in [1.54, 1.807) is 43.1 Å². The van der Waals surface area contributed by atoms with Gasteiger partial charge >= 0.3 is 5.97 Å². The minimum Gasteiger partial charge on any atom is -0.465 e. The average molecular weight is 451 g/mol. The second-order valence-electron chi connectivity index (χ2n) is 8.26. The lowest BCUT2D eigenvalue weighted by Gasteiger charge is -2.32. The molecule has 1 aliphatic rings. The smallest absolute Gasteiger partial charge is 0.337 e. The predicted molar refractivity (Wildman–Crippen MR) is 124 cm³/mol. The van der Waals surface area contributed by atoms with Crippen LogP contribution < -0.4 is 5.32 Å². The van der Waals surface area contributed by atoms with Gasteiger partial charge in [0.05, 0.1) is 23.9 Å². The number of ether oxygens (including phenoxy) is 1. The molecule has 8 heteroatoms. The molecule has 33 heavy (non-hydrogen) atoms. The molecule has 1 aliphatic heterocycles. The predicted octanol–water partition coefficient (Wildman–Crippen LogP) is 2.83. The van der Waals surface area contributed by atoms with Crippen LogP contribution in [0.1, 0.15) is 63.5 Å². The number of hydrogen-bond donors (Lipinski definition) is 1. The summed E-state index contributed by atoms with van der Waals surface area (Å²) in [6, 6.07) is 7.15. The molecule has 8 nitrogen and oxygen atoms in total. The van der Waals surface area contributed by atoms with E-state index in [9.17, 15) is 14.4 Å². The summed E-state index contributed by atoms with van der Waals surface area (Å²) in [6.07, 6.45) is 3.61. The van der Waals surface area contributed by atoms with Crippen molar-refractivity contribution in [2.45, 2.75) is 39.0 Å². The number of methoxy groups -OCH3 is 1. The maximum Gasteiger partial charge on any atom is 0.337 e. The molecular weight excluding hydrogens is 420 g/mol. The molecule has 2 heterocycles. The first kappa shape index (κ1) is 24.1. The fourth-order valence-electron chi connectivity index (χ4n) is 3.99. The van der Waals surface area contributed by atoms with E-state index in [4.69, 9.17) is 4.74 Å². The summed E-state index contributed by atoms with van der Waals surface area (Å²) in [5.41, 5.74) is 3.13. The van der Waals surface area contributed by atoms with E-state index in [-0.39, 0.29) is 17.7 Å². The third-order valence-electron chi connectivity index (χ3n) is 5.76. The lowest BCUT2D eigenvalue weighted by Crippen LogP contribution is -2.39. The molecule has 1 aromatic heterocycles. The normalized spacial score (nSPS) is 14.0. The number of piperidine rings is 1. The summed E-state index contributed by atoms with van der Waals surface area (Å²) in [6.45, 7) is 8.88. The monoisotopic (exact) mass is 450 g/mol. The van der Waals surface area contributed by atoms with Crippen molar-refractivity contribution in [1.82, 2.24) is 20.2 Å². The van der Waals surface area contributed by atoms with Gasteiger partial charge in [0.25, 0.3) is 5.91 Å². The topological polar surface area (TPSA) is 101 Å². The van der Waals surface area contributed by atoms with Crippen LogP contribution in [0.4, 0.5) is 0 Å². The summed E-state index contributed by atoms with van der Waals surface area (Å²) < 4.78 is 4.75. The highest BCUT2D eigenvalue weighted by molar-refractivity contribution is 5.95. The Bertz CT molecular complexity index is 1060. The number of hydrogen-bond acceptors (Lipinski definition) is 6. The minimum atomic E-state index is -0.390. The zero-order valence-electron chi connectivity index (χ0n) is 19.4. The highest BCUT2D eigenvalue weighted by Gasteiger charge is 2.28. The number of rotatable bonds is 7. The van der Waals surface area contributed by atoms with Gasteiger partial charge < -0.3 is 15.0 Å². The molecule has 0 unspecified atom stereocenters. The van der Waals surface area contributed by atoms with Crippen molar-refractivity contribution in [3.63, 3.8) is 0 Å². The number of nitrogens with one attached hydrogen (secondary N) is 1. The number of carbonyl (C=O) groups is 3. The van der Waals surface area contributed by atoms with Crippen LogP contribution in [0.5, 0.6) is 0 Å². The molecule has 0 aliphatic carbocycles. The Kier molecular flexibility index (Phi) is 7.92. The van der Waals surface area contributed by atoms with Crippen LogP contribution in [0.15, 0.2) is 42.6 Å². The standard InChI is InChI=1S/C25H30N4O4/c1-16(2)24(31)29-12-9-19(10-13-29)22-21(15-27-17(3)28-22)23(30)26-11-8-18-6-5-7-20(14-18)25(32)33-4/h5-7,14-15,19H,1,8-13H2,2-4H3,(H,26,30). The molecule has 0 spiro atoms. The van der Waals surface area contributed by atoms with Crippen LogP contribution in [0.2, 0.25) is 0 Å². The molecule has 1 aromatic carbocycles. The van der Waals surface area contributed by atoms with E-state index in [1.165, 1.54) is 7.11 Å². The van der Waals surface area contributed by atoms with Crippen molar-refractivity contribution in [3.8, 4) is 0 Å². The molecule has 0 saturated carbocycles. The zero-order chi connectivity index (χ0) is 24.0. The van der Waals surface area contributed by atoms with Crippen molar-refractivity contribution >= 4 is 17.8 Å². The Morgan fingerprint density at radius 3 is 2.64 bits per heavy atom. The van der Waals surface area contributed by atoms with Gasteiger partial charge in [0.2, 0.25) is 5.91 Å². The third-order valence-corrected chi connectivity index (χ3v) is 5.76. The van der Waals surface area contributed by atoms with Crippen LogP contribution in [0.25, 0.3) is 0 Å². The number of amides is 2. The Hall–Kier alpha value is -3.55. The molecule has 2 aromatic rings. The number of aromatic nitrogens is 2. The van der Waals surface area contributed by atoms with Crippen LogP contribution in [-0.2, 0) is 16.0 Å². The summed E-state index contributed by atoms with van der Waals surface area (Å²) >= 11 is 0. The van der Waals surface area contributed by atoms with Crippen molar-refractivity contribution in [2.75, 3.05) is 26.7 Å². The van der Waals surface area contributed by atoms with Crippen molar-refractivity contribution in [3.05, 3.63) is 70.8 Å². The van der Waals surface area contributed by atoms with Gasteiger partial charge in [-0.25, -0.2) is 14.8 Å². The largest absolute Gasteiger partial charge is 0.465 e. The minimum absolute atomic E-state index is 0.0263. The quantitative estimate of drug-likeness (QED) is 0.514. The summed E-state index contributed by atoms with van der Waals surface area (Å²) in [4.78, 5) is 47.5. The molecule has 0 radical (unpaired) electrons. The second-order valence-corrected chi connectivity index (χ2v) is 8.26. The molecule has 0 bridgehead atoms. The average Bonchev–Trinajstić information content (AvgIpc) is 2.83. The van der Waals surface area contributed by atoms with E-state index in [2.05, 4.69) is 21.9 Å². The van der Waals surface area contributed by atoms with Gasteiger partial charge in [0.15, 0.2) is 0 Å². The van der Waals surface area contributed by atoms with Crippen molar-refractivity contribution in [1.29, 1.82) is 0 Å². The number of likely N-dealkylation sites (tertiary alicyclic amines) is 1. The van der Waals surface area contributed by atoms with Crippen LogP contribution in [0, 0.1) is 6.92 Å². The molecule has 174 valence electrons. The Balaban J connectivity index is 1.64. The fraction of sp³-hybridized carbons (Fsp3) is 0.400. The first-order valence-electron chi connectivity index (χ1n) is 11.0. The molecule has 0 atom stereocenters. The number of benzene rings is 1. The summed E-state index contributed by atoms with van der Waals surface area (Å²) in [5.74, 6) is 0.0504. The van der Waals surface area contributed by atoms with Crippen LogP contribution in [-0.4, -0.2) is 59.4 Å². The van der Waals surface area contributed by atoms with Gasteiger partial charge in [-0.05, 0) is 50.8 Å². The fourth-order valence-corrected chi connectivity index (χ4v) is 3.99. The van der Waals surface area contributed by atoms with E-state index < -0.39 is 5.97 Å². The first-order valence-corrected chi connectivity index (χ1v) is 11.0. The highest BCUT2D eigenvalue weighted by Crippen LogP contribution is 2.29. The van der Waals surface area contributed by atoms with Gasteiger partial charge in [-0.1, -0.05) is 18.7 Å². The van der Waals surface area contributed by atoms with E-state index >= 15 is 0 Å². The van der Waals surface area contributed by atoms with Crippen LogP contribution in [0.3, 0.4) is 0 Å². The number of nitrogens with zero attached hydrogens (tertiary/aromatic N) is 3. The van der Waals surface area contributed by atoms with Crippen LogP contribution >= 0.6 is 0 Å². The van der Waals surface area contributed by atoms with Gasteiger partial charge in [0.1, 0.15) is 5.82 Å². The maximum absolute atomic E-state index is 13.0. The number of carbonyl (C=O) groups excluding carboxylic acids is 3. The summed E-state index contributed by atoms with van der Waals surface area (Å²) in [7, 11) is 1.35. The molecule has 1 saturated heterocycles. The lowest BCUT2D eigenvalue weighted by atomic mass is 9.90. The molecule has 1 fully saturated rings. The Morgan fingerprint density at radius 1 is 1.24 bits per heavy atom. The molecule has 1 N–H and O–H groups in total. The number of esters is 1. The van der Waals surface area contributed by atoms with Gasteiger partial charge in [0, 0.05) is 37.3 Å². The third kappa shape index (κ3) is 6.03. The van der Waals surface area contributed by atoms with Gasteiger partial charge in [-0.3, -0.25) is 9.59 Å².